The number of carbonyl (C=O) groups excluding carboxylic acids is 1. The molecule has 88 valence electrons. The summed E-state index contributed by atoms with van der Waals surface area (Å²) in [4.78, 5) is 11.8. The first-order chi connectivity index (χ1) is 7.12. The van der Waals surface area contributed by atoms with Gasteiger partial charge in [0.15, 0.2) is 0 Å². The van der Waals surface area contributed by atoms with Gasteiger partial charge >= 0.3 is 0 Å². The molecule has 1 aliphatic carbocycles. The Labute approximate surface area is 92.8 Å². The highest BCUT2D eigenvalue weighted by molar-refractivity contribution is 5.82. The summed E-state index contributed by atoms with van der Waals surface area (Å²) < 4.78 is 0. The van der Waals surface area contributed by atoms with E-state index in [1.165, 1.54) is 19.3 Å². The van der Waals surface area contributed by atoms with Gasteiger partial charge in [0.25, 0.3) is 0 Å². The molecule has 1 saturated carbocycles. The first-order valence-electron chi connectivity index (χ1n) is 6.10. The Morgan fingerprint density at radius 3 is 2.67 bits per heavy atom. The molecule has 1 rings (SSSR count). The zero-order valence-electron chi connectivity index (χ0n) is 10.0. The molecule has 0 aromatic heterocycles. The summed E-state index contributed by atoms with van der Waals surface area (Å²) in [6.45, 7) is 5.18. The van der Waals surface area contributed by atoms with Crippen LogP contribution in [-0.2, 0) is 4.79 Å². The third-order valence-corrected chi connectivity index (χ3v) is 3.55. The minimum Gasteiger partial charge on any atom is -0.356 e. The van der Waals surface area contributed by atoms with Gasteiger partial charge < -0.3 is 11.1 Å². The number of hydrogen-bond acceptors (Lipinski definition) is 2. The largest absolute Gasteiger partial charge is 0.356 e. The molecule has 0 aromatic carbocycles. The molecule has 1 aliphatic rings. The summed E-state index contributed by atoms with van der Waals surface area (Å²) in [6, 6.07) is 0. The van der Waals surface area contributed by atoms with Gasteiger partial charge in [-0.3, -0.25) is 4.79 Å². The second kappa shape index (κ2) is 5.50. The molecule has 0 saturated heterocycles. The number of nitrogens with two attached hydrogens (primary N) is 1. The fourth-order valence-corrected chi connectivity index (χ4v) is 1.61. The maximum absolute atomic E-state index is 11.8. The number of rotatable bonds is 7. The van der Waals surface area contributed by atoms with Gasteiger partial charge in [-0.25, -0.2) is 0 Å². The number of hydrogen-bond donors (Lipinski definition) is 2. The Morgan fingerprint density at radius 2 is 2.20 bits per heavy atom. The van der Waals surface area contributed by atoms with Crippen LogP contribution in [0.5, 0.6) is 0 Å². The Balaban J connectivity index is 2.15. The van der Waals surface area contributed by atoms with E-state index in [0.29, 0.717) is 6.54 Å². The van der Waals surface area contributed by atoms with Crippen LogP contribution in [-0.4, -0.2) is 19.0 Å². The average molecular weight is 212 g/mol. The van der Waals surface area contributed by atoms with Gasteiger partial charge in [0.2, 0.25) is 5.91 Å². The van der Waals surface area contributed by atoms with E-state index in [0.717, 1.165) is 25.3 Å². The van der Waals surface area contributed by atoms with Crippen LogP contribution >= 0.6 is 0 Å². The van der Waals surface area contributed by atoms with Crippen LogP contribution in [0.1, 0.15) is 46.0 Å². The van der Waals surface area contributed by atoms with Crippen LogP contribution in [0.3, 0.4) is 0 Å². The minimum absolute atomic E-state index is 0.114. The number of amides is 1. The van der Waals surface area contributed by atoms with Crippen molar-refractivity contribution in [3.8, 4) is 0 Å². The lowest BCUT2D eigenvalue weighted by Gasteiger charge is -2.24. The standard InChI is InChI=1S/C12H24N2O/c1-3-12(2,9-13)11(15)14-8-4-5-10-6-7-10/h10H,3-9,13H2,1-2H3,(H,14,15). The second-order valence-corrected chi connectivity index (χ2v) is 4.96. The van der Waals surface area contributed by atoms with Gasteiger partial charge in [0, 0.05) is 13.1 Å². The third kappa shape index (κ3) is 3.82. The summed E-state index contributed by atoms with van der Waals surface area (Å²) in [7, 11) is 0. The molecule has 0 aliphatic heterocycles. The summed E-state index contributed by atoms with van der Waals surface area (Å²) >= 11 is 0. The van der Waals surface area contributed by atoms with Crippen molar-refractivity contribution in [3.63, 3.8) is 0 Å². The molecule has 1 atom stereocenters. The van der Waals surface area contributed by atoms with E-state index in [9.17, 15) is 4.79 Å². The van der Waals surface area contributed by atoms with E-state index in [1.54, 1.807) is 0 Å². The highest BCUT2D eigenvalue weighted by Gasteiger charge is 2.29. The van der Waals surface area contributed by atoms with E-state index in [2.05, 4.69) is 5.32 Å². The van der Waals surface area contributed by atoms with Crippen molar-refractivity contribution >= 4 is 5.91 Å². The Bertz CT molecular complexity index is 208. The smallest absolute Gasteiger partial charge is 0.227 e. The predicted octanol–water partition coefficient (Wildman–Crippen LogP) is 1.67. The summed E-state index contributed by atoms with van der Waals surface area (Å²) in [5, 5.41) is 2.99. The Morgan fingerprint density at radius 1 is 1.53 bits per heavy atom. The van der Waals surface area contributed by atoms with Crippen molar-refractivity contribution in [1.29, 1.82) is 0 Å². The Kier molecular flexibility index (Phi) is 4.58. The molecule has 0 heterocycles. The second-order valence-electron chi connectivity index (χ2n) is 4.96. The van der Waals surface area contributed by atoms with Gasteiger partial charge in [-0.2, -0.15) is 0 Å². The zero-order valence-corrected chi connectivity index (χ0v) is 10.0. The van der Waals surface area contributed by atoms with E-state index in [4.69, 9.17) is 5.73 Å². The minimum atomic E-state index is -0.375. The first-order valence-corrected chi connectivity index (χ1v) is 6.10. The first kappa shape index (κ1) is 12.5. The van der Waals surface area contributed by atoms with E-state index < -0.39 is 0 Å². The Hall–Kier alpha value is -0.570. The van der Waals surface area contributed by atoms with Gasteiger partial charge in [-0.15, -0.1) is 0 Å². The molecule has 3 heteroatoms. The number of carbonyl (C=O) groups is 1. The molecule has 15 heavy (non-hydrogen) atoms. The molecule has 3 nitrogen and oxygen atoms in total. The van der Waals surface area contributed by atoms with Crippen LogP contribution in [0.25, 0.3) is 0 Å². The van der Waals surface area contributed by atoms with E-state index in [-0.39, 0.29) is 11.3 Å². The van der Waals surface area contributed by atoms with Crippen LogP contribution in [0, 0.1) is 11.3 Å². The molecule has 0 aromatic rings. The lowest BCUT2D eigenvalue weighted by molar-refractivity contribution is -0.129. The van der Waals surface area contributed by atoms with Crippen molar-refractivity contribution in [2.24, 2.45) is 17.1 Å². The summed E-state index contributed by atoms with van der Waals surface area (Å²) in [5.41, 5.74) is 5.24. The SMILES string of the molecule is CCC(C)(CN)C(=O)NCCCC1CC1. The number of nitrogens with one attached hydrogen (secondary N) is 1. The topological polar surface area (TPSA) is 55.1 Å². The molecule has 1 amide bonds. The molecule has 1 unspecified atom stereocenters. The molecule has 3 N–H and O–H groups in total. The zero-order chi connectivity index (χ0) is 11.3. The summed E-state index contributed by atoms with van der Waals surface area (Å²) in [5.74, 6) is 1.07. The molecule has 0 radical (unpaired) electrons. The van der Waals surface area contributed by atoms with Crippen molar-refractivity contribution in [3.05, 3.63) is 0 Å². The van der Waals surface area contributed by atoms with Gasteiger partial charge in [0.05, 0.1) is 5.41 Å². The highest BCUT2D eigenvalue weighted by atomic mass is 16.2. The van der Waals surface area contributed by atoms with Gasteiger partial charge in [-0.1, -0.05) is 19.8 Å². The monoisotopic (exact) mass is 212 g/mol. The molecular weight excluding hydrogens is 188 g/mol. The molecule has 0 bridgehead atoms. The maximum Gasteiger partial charge on any atom is 0.227 e. The molecule has 1 fully saturated rings. The fraction of sp³-hybridized carbons (Fsp3) is 0.917. The van der Waals surface area contributed by atoms with Crippen LogP contribution in [0.4, 0.5) is 0 Å². The van der Waals surface area contributed by atoms with Gasteiger partial charge in [0.1, 0.15) is 0 Å². The van der Waals surface area contributed by atoms with Crippen LogP contribution in [0.2, 0.25) is 0 Å². The van der Waals surface area contributed by atoms with Gasteiger partial charge in [-0.05, 0) is 32.1 Å². The quantitative estimate of drug-likeness (QED) is 0.631. The lowest BCUT2D eigenvalue weighted by atomic mass is 9.86. The van der Waals surface area contributed by atoms with Crippen LogP contribution in [0.15, 0.2) is 0 Å². The molecule has 0 spiro atoms. The van der Waals surface area contributed by atoms with Crippen LogP contribution < -0.4 is 11.1 Å². The fourth-order valence-electron chi connectivity index (χ4n) is 1.61. The van der Waals surface area contributed by atoms with Crippen molar-refractivity contribution in [2.75, 3.05) is 13.1 Å². The summed E-state index contributed by atoms with van der Waals surface area (Å²) in [6.07, 6.45) is 5.97. The third-order valence-electron chi connectivity index (χ3n) is 3.55. The molecular formula is C12H24N2O. The lowest BCUT2D eigenvalue weighted by Crippen LogP contribution is -2.43. The van der Waals surface area contributed by atoms with Crippen molar-refractivity contribution < 1.29 is 4.79 Å². The van der Waals surface area contributed by atoms with E-state index in [1.807, 2.05) is 13.8 Å². The predicted molar refractivity (Wildman–Crippen MR) is 62.4 cm³/mol. The van der Waals surface area contributed by atoms with E-state index >= 15 is 0 Å². The van der Waals surface area contributed by atoms with Crippen molar-refractivity contribution in [1.82, 2.24) is 5.32 Å². The van der Waals surface area contributed by atoms with Crippen molar-refractivity contribution in [2.45, 2.75) is 46.0 Å². The normalized spacial score (nSPS) is 19.7. The maximum atomic E-state index is 11.8. The highest BCUT2D eigenvalue weighted by Crippen LogP contribution is 2.33. The average Bonchev–Trinajstić information content (AvgIpc) is 3.06.